The fraction of sp³-hybridized carbons (Fsp3) is 0.222. The van der Waals surface area contributed by atoms with Gasteiger partial charge in [0, 0.05) is 22.7 Å². The van der Waals surface area contributed by atoms with Gasteiger partial charge < -0.3 is 10.1 Å². The molecule has 0 bridgehead atoms. The fourth-order valence-corrected chi connectivity index (χ4v) is 3.40. The van der Waals surface area contributed by atoms with Crippen LogP contribution in [-0.2, 0) is 0 Å². The first-order chi connectivity index (χ1) is 10.4. The van der Waals surface area contributed by atoms with E-state index in [-0.39, 0.29) is 12.4 Å². The molecule has 22 heavy (non-hydrogen) atoms. The lowest BCUT2D eigenvalue weighted by atomic mass is 10.1. The molecular weight excluding hydrogens is 314 g/mol. The van der Waals surface area contributed by atoms with Crippen LogP contribution < -0.4 is 10.1 Å². The Morgan fingerprint density at radius 3 is 2.64 bits per heavy atom. The van der Waals surface area contributed by atoms with Crippen LogP contribution in [0, 0.1) is 0 Å². The van der Waals surface area contributed by atoms with Gasteiger partial charge in [0.15, 0.2) is 0 Å². The molecule has 0 fully saturated rings. The molecule has 1 N–H and O–H groups in total. The molecule has 0 unspecified atom stereocenters. The van der Waals surface area contributed by atoms with E-state index in [2.05, 4.69) is 53.2 Å². The van der Waals surface area contributed by atoms with Crippen LogP contribution in [-0.4, -0.2) is 13.7 Å². The van der Waals surface area contributed by atoms with E-state index in [4.69, 9.17) is 4.74 Å². The third kappa shape index (κ3) is 3.80. The van der Waals surface area contributed by atoms with Crippen molar-refractivity contribution in [2.24, 2.45) is 0 Å². The molecule has 1 aromatic heterocycles. The zero-order valence-electron chi connectivity index (χ0n) is 12.5. The molecule has 0 saturated carbocycles. The van der Waals surface area contributed by atoms with Crippen molar-refractivity contribution in [3.05, 3.63) is 64.9 Å². The molecule has 0 amide bonds. The minimum atomic E-state index is 0. The van der Waals surface area contributed by atoms with Crippen molar-refractivity contribution in [1.82, 2.24) is 5.32 Å². The van der Waals surface area contributed by atoms with Gasteiger partial charge in [-0.05, 0) is 29.9 Å². The van der Waals surface area contributed by atoms with E-state index in [0.29, 0.717) is 12.6 Å². The average molecular weight is 334 g/mol. The summed E-state index contributed by atoms with van der Waals surface area (Å²) in [7, 11) is 2.00. The largest absolute Gasteiger partial charge is 0.493 e. The predicted molar refractivity (Wildman–Crippen MR) is 97.4 cm³/mol. The zero-order chi connectivity index (χ0) is 14.5. The Hall–Kier alpha value is -1.55. The third-order valence-electron chi connectivity index (χ3n) is 3.65. The van der Waals surface area contributed by atoms with Gasteiger partial charge in [-0.2, -0.15) is 0 Å². The van der Waals surface area contributed by atoms with Crippen LogP contribution in [0.1, 0.15) is 17.3 Å². The highest BCUT2D eigenvalue weighted by Crippen LogP contribution is 2.26. The lowest BCUT2D eigenvalue weighted by molar-refractivity contribution is 0.294. The summed E-state index contributed by atoms with van der Waals surface area (Å²) in [6, 6.07) is 19.2. The molecule has 2 aromatic carbocycles. The Morgan fingerprint density at radius 1 is 1.05 bits per heavy atom. The van der Waals surface area contributed by atoms with Gasteiger partial charge in [-0.3, -0.25) is 0 Å². The third-order valence-corrected chi connectivity index (χ3v) is 4.63. The quantitative estimate of drug-likeness (QED) is 0.681. The number of hydrogen-bond donors (Lipinski definition) is 1. The van der Waals surface area contributed by atoms with Crippen molar-refractivity contribution in [3.63, 3.8) is 0 Å². The van der Waals surface area contributed by atoms with Gasteiger partial charge >= 0.3 is 0 Å². The van der Waals surface area contributed by atoms with Gasteiger partial charge in [0.25, 0.3) is 0 Å². The van der Waals surface area contributed by atoms with E-state index in [1.54, 1.807) is 11.3 Å². The van der Waals surface area contributed by atoms with Gasteiger partial charge in [0.2, 0.25) is 0 Å². The summed E-state index contributed by atoms with van der Waals surface area (Å²) in [5.41, 5.74) is 0. The predicted octanol–water partition coefficient (Wildman–Crippen LogP) is 5.05. The number of ether oxygens (including phenoxy) is 1. The topological polar surface area (TPSA) is 21.3 Å². The van der Waals surface area contributed by atoms with Crippen molar-refractivity contribution in [2.75, 3.05) is 13.7 Å². The lowest BCUT2D eigenvalue weighted by Crippen LogP contribution is -2.18. The smallest absolute Gasteiger partial charge is 0.127 e. The van der Waals surface area contributed by atoms with Crippen LogP contribution in [0.5, 0.6) is 5.75 Å². The van der Waals surface area contributed by atoms with E-state index in [1.807, 2.05) is 19.2 Å². The molecule has 0 saturated heterocycles. The van der Waals surface area contributed by atoms with Crippen LogP contribution >= 0.6 is 23.7 Å². The Kier molecular flexibility index (Phi) is 6.25. The first kappa shape index (κ1) is 16.8. The minimum Gasteiger partial charge on any atom is -0.493 e. The van der Waals surface area contributed by atoms with Crippen LogP contribution in [0.25, 0.3) is 10.8 Å². The van der Waals surface area contributed by atoms with Gasteiger partial charge in [-0.15, -0.1) is 23.7 Å². The minimum absolute atomic E-state index is 0. The second kappa shape index (κ2) is 8.18. The molecule has 0 aliphatic carbocycles. The highest BCUT2D eigenvalue weighted by atomic mass is 35.5. The number of thiophene rings is 1. The summed E-state index contributed by atoms with van der Waals surface area (Å²) in [4.78, 5) is 1.36. The number of rotatable bonds is 6. The second-order valence-corrected chi connectivity index (χ2v) is 5.95. The summed E-state index contributed by atoms with van der Waals surface area (Å²) >= 11 is 1.79. The molecule has 3 rings (SSSR count). The number of benzene rings is 2. The summed E-state index contributed by atoms with van der Waals surface area (Å²) in [6.07, 6.45) is 0.959. The number of fused-ring (bicyclic) bond motifs is 1. The van der Waals surface area contributed by atoms with Gasteiger partial charge in [0.1, 0.15) is 5.75 Å². The molecule has 0 aliphatic rings. The molecular formula is C18H20ClNOS. The van der Waals surface area contributed by atoms with Crippen LogP contribution in [0.2, 0.25) is 0 Å². The van der Waals surface area contributed by atoms with E-state index in [1.165, 1.54) is 15.6 Å². The summed E-state index contributed by atoms with van der Waals surface area (Å²) < 4.78 is 6.01. The second-order valence-electron chi connectivity index (χ2n) is 4.97. The molecule has 0 radical (unpaired) electrons. The molecule has 3 aromatic rings. The van der Waals surface area contributed by atoms with Gasteiger partial charge in [-0.25, -0.2) is 0 Å². The lowest BCUT2D eigenvalue weighted by Gasteiger charge is -2.15. The summed E-state index contributed by atoms with van der Waals surface area (Å²) in [6.45, 7) is 0.706. The Labute approximate surface area is 141 Å². The first-order valence-electron chi connectivity index (χ1n) is 7.19. The van der Waals surface area contributed by atoms with Crippen molar-refractivity contribution in [3.8, 4) is 5.75 Å². The average Bonchev–Trinajstić information content (AvgIpc) is 3.06. The Balaban J connectivity index is 0.00000176. The Morgan fingerprint density at radius 2 is 1.86 bits per heavy atom. The monoisotopic (exact) mass is 333 g/mol. The number of halogens is 1. The molecule has 116 valence electrons. The molecule has 0 spiro atoms. The fourth-order valence-electron chi connectivity index (χ4n) is 2.53. The van der Waals surface area contributed by atoms with Crippen molar-refractivity contribution < 1.29 is 4.74 Å². The van der Waals surface area contributed by atoms with Gasteiger partial charge in [-0.1, -0.05) is 42.5 Å². The molecule has 1 atom stereocenters. The maximum Gasteiger partial charge on any atom is 0.127 e. The number of hydrogen-bond acceptors (Lipinski definition) is 3. The van der Waals surface area contributed by atoms with E-state index < -0.39 is 0 Å². The van der Waals surface area contributed by atoms with Crippen molar-refractivity contribution in [2.45, 2.75) is 12.5 Å². The maximum atomic E-state index is 6.01. The number of nitrogens with one attached hydrogen (secondary N) is 1. The molecule has 1 heterocycles. The van der Waals surface area contributed by atoms with Crippen LogP contribution in [0.3, 0.4) is 0 Å². The van der Waals surface area contributed by atoms with Gasteiger partial charge in [0.05, 0.1) is 6.61 Å². The Bertz CT molecular complexity index is 694. The van der Waals surface area contributed by atoms with E-state index in [0.717, 1.165) is 12.2 Å². The maximum absolute atomic E-state index is 6.01. The SMILES string of the molecule is CN[C@@H](CCOc1cccc2ccccc12)c1cccs1.Cl. The van der Waals surface area contributed by atoms with Crippen LogP contribution in [0.15, 0.2) is 60.0 Å². The van der Waals surface area contributed by atoms with E-state index in [9.17, 15) is 0 Å². The highest BCUT2D eigenvalue weighted by molar-refractivity contribution is 7.10. The normalized spacial score (nSPS) is 11.9. The summed E-state index contributed by atoms with van der Waals surface area (Å²) in [5.74, 6) is 0.967. The molecule has 4 heteroatoms. The highest BCUT2D eigenvalue weighted by Gasteiger charge is 2.10. The van der Waals surface area contributed by atoms with Crippen molar-refractivity contribution >= 4 is 34.5 Å². The zero-order valence-corrected chi connectivity index (χ0v) is 14.1. The van der Waals surface area contributed by atoms with E-state index >= 15 is 0 Å². The molecule has 0 aliphatic heterocycles. The first-order valence-corrected chi connectivity index (χ1v) is 8.07. The standard InChI is InChI=1S/C18H19NOS.ClH/c1-19-16(18-10-5-13-21-18)11-12-20-17-9-4-7-14-6-2-3-8-15(14)17;/h2-10,13,16,19H,11-12H2,1H3;1H/t16-;/m0./s1. The van der Waals surface area contributed by atoms with Crippen LogP contribution in [0.4, 0.5) is 0 Å². The summed E-state index contributed by atoms with van der Waals surface area (Å²) in [5, 5.41) is 7.87. The molecule has 2 nitrogen and oxygen atoms in total. The van der Waals surface area contributed by atoms with Crippen molar-refractivity contribution in [1.29, 1.82) is 0 Å².